The smallest absolute Gasteiger partial charge is 0.364 e. The van der Waals surface area contributed by atoms with Gasteiger partial charge in [0, 0.05) is 5.92 Å². The zero-order valence-corrected chi connectivity index (χ0v) is 8.17. The van der Waals surface area contributed by atoms with Crippen molar-refractivity contribution in [3.05, 3.63) is 17.5 Å². The minimum absolute atomic E-state index is 0.103. The number of hydrogen-bond donors (Lipinski definition) is 1. The van der Waals surface area contributed by atoms with Crippen molar-refractivity contribution in [3.8, 4) is 0 Å². The van der Waals surface area contributed by atoms with Gasteiger partial charge in [-0.2, -0.15) is 13.2 Å². The van der Waals surface area contributed by atoms with Crippen LogP contribution in [0.4, 0.5) is 13.2 Å². The first-order valence-electron chi connectivity index (χ1n) is 4.76. The molecule has 0 radical (unpaired) electrons. The summed E-state index contributed by atoms with van der Waals surface area (Å²) in [4.78, 5) is 11.4. The average Bonchev–Trinajstić information content (AvgIpc) is 2.92. The van der Waals surface area contributed by atoms with Crippen LogP contribution in [0, 0.1) is 0 Å². The molecule has 1 amide bonds. The van der Waals surface area contributed by atoms with E-state index in [0.29, 0.717) is 5.69 Å². The lowest BCUT2D eigenvalue weighted by Gasteiger charge is -2.07. The summed E-state index contributed by atoms with van der Waals surface area (Å²) in [5.41, 5.74) is 0.562. The molecule has 0 saturated heterocycles. The van der Waals surface area contributed by atoms with Gasteiger partial charge in [-0.1, -0.05) is 5.16 Å². The Balaban J connectivity index is 2.00. The number of amides is 1. The number of alkyl halides is 3. The maximum Gasteiger partial charge on any atom is 0.405 e. The fourth-order valence-corrected chi connectivity index (χ4v) is 1.34. The summed E-state index contributed by atoms with van der Waals surface area (Å²) < 4.78 is 40.2. The van der Waals surface area contributed by atoms with Gasteiger partial charge in [-0.3, -0.25) is 4.79 Å². The van der Waals surface area contributed by atoms with Gasteiger partial charge in [0.15, 0.2) is 0 Å². The van der Waals surface area contributed by atoms with Crippen LogP contribution in [-0.2, 0) is 0 Å². The van der Waals surface area contributed by atoms with E-state index in [1.807, 2.05) is 0 Å². The molecular weight excluding hydrogens is 225 g/mol. The first kappa shape index (κ1) is 11.0. The van der Waals surface area contributed by atoms with Crippen molar-refractivity contribution in [2.24, 2.45) is 0 Å². The van der Waals surface area contributed by atoms with Crippen LogP contribution in [0.25, 0.3) is 0 Å². The Bertz CT molecular complexity index is 396. The summed E-state index contributed by atoms with van der Waals surface area (Å²) in [5, 5.41) is 5.41. The summed E-state index contributed by atoms with van der Waals surface area (Å²) in [7, 11) is 0. The van der Waals surface area contributed by atoms with Crippen molar-refractivity contribution in [1.82, 2.24) is 10.5 Å². The van der Waals surface area contributed by atoms with E-state index in [2.05, 4.69) is 9.68 Å². The van der Waals surface area contributed by atoms with Gasteiger partial charge in [0.25, 0.3) is 5.91 Å². The molecule has 1 saturated carbocycles. The number of nitrogens with zero attached hydrogens (tertiary/aromatic N) is 1. The second kappa shape index (κ2) is 3.80. The van der Waals surface area contributed by atoms with Crippen LogP contribution in [0.15, 0.2) is 10.8 Å². The molecule has 0 bridgehead atoms. The van der Waals surface area contributed by atoms with E-state index in [0.717, 1.165) is 19.1 Å². The zero-order valence-electron chi connectivity index (χ0n) is 8.17. The van der Waals surface area contributed by atoms with Crippen molar-refractivity contribution < 1.29 is 22.5 Å². The standard InChI is InChI=1S/C9H9F3N2O2/c10-9(11,12)4-13-8(15)6-3-16-14-7(6)5-1-2-5/h3,5H,1-2,4H2,(H,13,15). The summed E-state index contributed by atoms with van der Waals surface area (Å²) in [6.45, 7) is -1.35. The van der Waals surface area contributed by atoms with E-state index in [4.69, 9.17) is 0 Å². The second-order valence-electron chi connectivity index (χ2n) is 3.69. The fraction of sp³-hybridized carbons (Fsp3) is 0.556. The van der Waals surface area contributed by atoms with Gasteiger partial charge in [0.05, 0.1) is 5.69 Å². The third-order valence-corrected chi connectivity index (χ3v) is 2.26. The van der Waals surface area contributed by atoms with Gasteiger partial charge in [-0.15, -0.1) is 0 Å². The third-order valence-electron chi connectivity index (χ3n) is 2.26. The van der Waals surface area contributed by atoms with Crippen LogP contribution in [0.2, 0.25) is 0 Å². The SMILES string of the molecule is O=C(NCC(F)(F)F)c1conc1C1CC1. The Hall–Kier alpha value is -1.53. The van der Waals surface area contributed by atoms with Crippen molar-refractivity contribution in [1.29, 1.82) is 0 Å². The molecule has 0 aliphatic heterocycles. The molecule has 0 unspecified atom stereocenters. The Morgan fingerprint density at radius 3 is 2.81 bits per heavy atom. The number of carbonyl (C=O) groups excluding carboxylic acids is 1. The fourth-order valence-electron chi connectivity index (χ4n) is 1.34. The summed E-state index contributed by atoms with van der Waals surface area (Å²) in [6.07, 6.45) is -1.54. The molecule has 1 fully saturated rings. The highest BCUT2D eigenvalue weighted by atomic mass is 19.4. The number of carbonyl (C=O) groups is 1. The summed E-state index contributed by atoms with van der Waals surface area (Å²) in [6, 6.07) is 0. The minimum atomic E-state index is -4.41. The number of aromatic nitrogens is 1. The predicted molar refractivity (Wildman–Crippen MR) is 46.9 cm³/mol. The Morgan fingerprint density at radius 1 is 1.56 bits per heavy atom. The van der Waals surface area contributed by atoms with Crippen LogP contribution in [0.1, 0.15) is 34.8 Å². The van der Waals surface area contributed by atoms with E-state index in [1.54, 1.807) is 5.32 Å². The van der Waals surface area contributed by atoms with E-state index in [-0.39, 0.29) is 11.5 Å². The van der Waals surface area contributed by atoms with E-state index in [1.165, 1.54) is 0 Å². The molecule has 2 rings (SSSR count). The molecule has 7 heteroatoms. The molecule has 0 spiro atoms. The van der Waals surface area contributed by atoms with Gasteiger partial charge < -0.3 is 9.84 Å². The van der Waals surface area contributed by atoms with Crippen LogP contribution in [0.5, 0.6) is 0 Å². The highest BCUT2D eigenvalue weighted by Crippen LogP contribution is 2.40. The first-order chi connectivity index (χ1) is 7.47. The average molecular weight is 234 g/mol. The molecule has 1 aromatic rings. The maximum atomic E-state index is 11.9. The van der Waals surface area contributed by atoms with E-state index >= 15 is 0 Å². The number of halogens is 3. The lowest BCUT2D eigenvalue weighted by molar-refractivity contribution is -0.123. The molecule has 1 N–H and O–H groups in total. The number of hydrogen-bond acceptors (Lipinski definition) is 3. The van der Waals surface area contributed by atoms with Crippen molar-refractivity contribution in [2.75, 3.05) is 6.54 Å². The van der Waals surface area contributed by atoms with Crippen LogP contribution in [-0.4, -0.2) is 23.8 Å². The molecule has 1 aromatic heterocycles. The quantitative estimate of drug-likeness (QED) is 0.868. The predicted octanol–water partition coefficient (Wildman–Crippen LogP) is 1.84. The highest BCUT2D eigenvalue weighted by molar-refractivity contribution is 5.95. The maximum absolute atomic E-state index is 11.9. The summed E-state index contributed by atoms with van der Waals surface area (Å²) >= 11 is 0. The van der Waals surface area contributed by atoms with E-state index < -0.39 is 18.6 Å². The van der Waals surface area contributed by atoms with Crippen molar-refractivity contribution >= 4 is 5.91 Å². The van der Waals surface area contributed by atoms with Gasteiger partial charge in [0.1, 0.15) is 18.4 Å². The largest absolute Gasteiger partial charge is 0.405 e. The Morgan fingerprint density at radius 2 is 2.25 bits per heavy atom. The minimum Gasteiger partial charge on any atom is -0.364 e. The Labute approximate surface area is 88.8 Å². The molecule has 88 valence electrons. The van der Waals surface area contributed by atoms with E-state index in [9.17, 15) is 18.0 Å². The van der Waals surface area contributed by atoms with Gasteiger partial charge in [-0.05, 0) is 12.8 Å². The van der Waals surface area contributed by atoms with Gasteiger partial charge in [-0.25, -0.2) is 0 Å². The topological polar surface area (TPSA) is 55.1 Å². The van der Waals surface area contributed by atoms with Crippen LogP contribution in [0.3, 0.4) is 0 Å². The number of nitrogens with one attached hydrogen (secondary N) is 1. The lowest BCUT2D eigenvalue weighted by atomic mass is 10.2. The van der Waals surface area contributed by atoms with Crippen molar-refractivity contribution in [2.45, 2.75) is 24.9 Å². The van der Waals surface area contributed by atoms with Crippen LogP contribution < -0.4 is 5.32 Å². The monoisotopic (exact) mass is 234 g/mol. The highest BCUT2D eigenvalue weighted by Gasteiger charge is 2.33. The van der Waals surface area contributed by atoms with Crippen LogP contribution >= 0.6 is 0 Å². The second-order valence-corrected chi connectivity index (χ2v) is 3.69. The lowest BCUT2D eigenvalue weighted by Crippen LogP contribution is -2.33. The molecule has 1 aliphatic carbocycles. The molecule has 0 aromatic carbocycles. The molecule has 0 atom stereocenters. The van der Waals surface area contributed by atoms with Gasteiger partial charge in [0.2, 0.25) is 0 Å². The zero-order chi connectivity index (χ0) is 11.8. The third kappa shape index (κ3) is 2.53. The molecule has 1 aliphatic rings. The molecular formula is C9H9F3N2O2. The first-order valence-corrected chi connectivity index (χ1v) is 4.76. The Kier molecular flexibility index (Phi) is 2.61. The molecule has 1 heterocycles. The summed E-state index contributed by atoms with van der Waals surface area (Å²) in [5.74, 6) is -0.633. The molecule has 4 nitrogen and oxygen atoms in total. The van der Waals surface area contributed by atoms with Gasteiger partial charge >= 0.3 is 6.18 Å². The number of rotatable bonds is 3. The molecule has 16 heavy (non-hydrogen) atoms. The van der Waals surface area contributed by atoms with Crippen molar-refractivity contribution in [3.63, 3.8) is 0 Å². The normalized spacial score (nSPS) is 16.2.